The first-order valence-electron chi connectivity index (χ1n) is 8.01. The molecule has 150 valence electrons. The number of nitrogens with zero attached hydrogens (tertiary/aromatic N) is 4. The fraction of sp³-hybridized carbons (Fsp3) is 0.375. The van der Waals surface area contributed by atoms with Crippen LogP contribution in [0.3, 0.4) is 0 Å². The molecule has 0 aliphatic heterocycles. The van der Waals surface area contributed by atoms with Gasteiger partial charge in [-0.25, -0.2) is 0 Å². The van der Waals surface area contributed by atoms with E-state index in [1.54, 1.807) is 0 Å². The fourth-order valence-corrected chi connectivity index (χ4v) is 3.54. The summed E-state index contributed by atoms with van der Waals surface area (Å²) in [4.78, 5) is 4.35. The highest BCUT2D eigenvalue weighted by Crippen LogP contribution is 2.31. The minimum atomic E-state index is -4.72. The van der Waals surface area contributed by atoms with Gasteiger partial charge in [-0.3, -0.25) is 0 Å². The van der Waals surface area contributed by atoms with Gasteiger partial charge in [0.1, 0.15) is 5.75 Å². The number of benzene rings is 1. The van der Waals surface area contributed by atoms with E-state index < -0.39 is 6.36 Å². The lowest BCUT2D eigenvalue weighted by atomic mass is 9.97. The number of alkyl halides is 3. The first-order valence-corrected chi connectivity index (χ1v) is 9.81. The van der Waals surface area contributed by atoms with Crippen molar-refractivity contribution >= 4 is 33.9 Å². The SMILES string of the molecule is CC(C)(C)c1nc(CSc2nnc(Nc3ccc(OC(F)(F)F)cc3)s2)no1. The van der Waals surface area contributed by atoms with Gasteiger partial charge >= 0.3 is 6.36 Å². The summed E-state index contributed by atoms with van der Waals surface area (Å²) in [5, 5.41) is 15.5. The molecule has 0 aliphatic rings. The quantitative estimate of drug-likeness (QED) is 0.536. The maximum Gasteiger partial charge on any atom is 0.573 e. The Balaban J connectivity index is 1.55. The van der Waals surface area contributed by atoms with Gasteiger partial charge in [-0.1, -0.05) is 49.0 Å². The summed E-state index contributed by atoms with van der Waals surface area (Å²) in [5.74, 6) is 1.33. The Bertz CT molecular complexity index is 920. The monoisotopic (exact) mass is 431 g/mol. The summed E-state index contributed by atoms with van der Waals surface area (Å²) >= 11 is 2.72. The molecule has 0 amide bonds. The number of rotatable bonds is 6. The summed E-state index contributed by atoms with van der Waals surface area (Å²) in [5.41, 5.74) is 0.353. The minimum Gasteiger partial charge on any atom is -0.406 e. The highest BCUT2D eigenvalue weighted by atomic mass is 32.2. The van der Waals surface area contributed by atoms with Crippen LogP contribution >= 0.6 is 23.1 Å². The number of halogens is 3. The van der Waals surface area contributed by atoms with Crippen LogP contribution in [0.25, 0.3) is 0 Å². The average Bonchev–Trinajstić information content (AvgIpc) is 3.22. The van der Waals surface area contributed by atoms with E-state index >= 15 is 0 Å². The lowest BCUT2D eigenvalue weighted by Gasteiger charge is -2.10. The molecule has 0 aliphatic carbocycles. The van der Waals surface area contributed by atoms with Crippen molar-refractivity contribution in [2.45, 2.75) is 42.6 Å². The normalized spacial score (nSPS) is 12.2. The number of thioether (sulfide) groups is 1. The number of ether oxygens (including phenoxy) is 1. The molecule has 12 heteroatoms. The van der Waals surface area contributed by atoms with Crippen LogP contribution in [0, 0.1) is 0 Å². The summed E-state index contributed by atoms with van der Waals surface area (Å²) < 4.78 is 46.3. The number of anilines is 2. The van der Waals surface area contributed by atoms with E-state index in [0.29, 0.717) is 32.6 Å². The molecule has 3 aromatic rings. The topological polar surface area (TPSA) is 86.0 Å². The Kier molecular flexibility index (Phi) is 5.79. The van der Waals surface area contributed by atoms with E-state index in [0.717, 1.165) is 0 Å². The number of hydrogen-bond acceptors (Lipinski definition) is 9. The zero-order valence-corrected chi connectivity index (χ0v) is 16.7. The van der Waals surface area contributed by atoms with Crippen molar-refractivity contribution in [2.75, 3.05) is 5.32 Å². The number of nitrogens with one attached hydrogen (secondary N) is 1. The van der Waals surface area contributed by atoms with Crippen molar-refractivity contribution in [3.63, 3.8) is 0 Å². The number of aromatic nitrogens is 4. The van der Waals surface area contributed by atoms with Crippen LogP contribution in [0.15, 0.2) is 33.1 Å². The summed E-state index contributed by atoms with van der Waals surface area (Å²) in [6, 6.07) is 5.36. The van der Waals surface area contributed by atoms with Crippen LogP contribution < -0.4 is 10.1 Å². The van der Waals surface area contributed by atoms with Gasteiger partial charge in [-0.15, -0.1) is 23.4 Å². The molecule has 0 spiro atoms. The van der Waals surface area contributed by atoms with E-state index in [1.165, 1.54) is 47.4 Å². The van der Waals surface area contributed by atoms with Crippen LogP contribution in [0.2, 0.25) is 0 Å². The van der Waals surface area contributed by atoms with Crippen molar-refractivity contribution in [3.05, 3.63) is 36.0 Å². The average molecular weight is 431 g/mol. The number of hydrogen-bond donors (Lipinski definition) is 1. The maximum absolute atomic E-state index is 12.2. The molecule has 2 heterocycles. The molecule has 0 bridgehead atoms. The molecule has 0 atom stereocenters. The van der Waals surface area contributed by atoms with Crippen molar-refractivity contribution in [2.24, 2.45) is 0 Å². The Morgan fingerprint density at radius 1 is 1.14 bits per heavy atom. The zero-order chi connectivity index (χ0) is 20.4. The lowest BCUT2D eigenvalue weighted by Crippen LogP contribution is -2.16. The smallest absolute Gasteiger partial charge is 0.406 e. The fourth-order valence-electron chi connectivity index (χ4n) is 1.93. The predicted molar refractivity (Wildman–Crippen MR) is 98.9 cm³/mol. The molecule has 7 nitrogen and oxygen atoms in total. The van der Waals surface area contributed by atoms with Crippen molar-refractivity contribution in [1.29, 1.82) is 0 Å². The molecule has 2 aromatic heterocycles. The van der Waals surface area contributed by atoms with Gasteiger partial charge in [-0.05, 0) is 24.3 Å². The molecule has 1 N–H and O–H groups in total. The molecular formula is C16H16F3N5O2S2. The first kappa shape index (κ1) is 20.4. The van der Waals surface area contributed by atoms with Gasteiger partial charge < -0.3 is 14.6 Å². The largest absolute Gasteiger partial charge is 0.573 e. The van der Waals surface area contributed by atoms with Crippen LogP contribution in [-0.4, -0.2) is 26.7 Å². The van der Waals surface area contributed by atoms with Crippen LogP contribution in [0.4, 0.5) is 24.0 Å². The highest BCUT2D eigenvalue weighted by Gasteiger charge is 2.31. The summed E-state index contributed by atoms with van der Waals surface area (Å²) in [7, 11) is 0. The van der Waals surface area contributed by atoms with Crippen molar-refractivity contribution in [3.8, 4) is 5.75 Å². The van der Waals surface area contributed by atoms with Gasteiger partial charge in [-0.2, -0.15) is 4.98 Å². The third-order valence-corrected chi connectivity index (χ3v) is 5.15. The first-order chi connectivity index (χ1) is 13.1. The van der Waals surface area contributed by atoms with Gasteiger partial charge in [0.25, 0.3) is 0 Å². The molecule has 28 heavy (non-hydrogen) atoms. The molecule has 0 fully saturated rings. The van der Waals surface area contributed by atoms with Gasteiger partial charge in [0.2, 0.25) is 11.0 Å². The second-order valence-corrected chi connectivity index (χ2v) is 8.82. The van der Waals surface area contributed by atoms with Crippen molar-refractivity contribution in [1.82, 2.24) is 20.3 Å². The van der Waals surface area contributed by atoms with E-state index in [1.807, 2.05) is 20.8 Å². The Morgan fingerprint density at radius 3 is 2.46 bits per heavy atom. The predicted octanol–water partition coefficient (Wildman–Crippen LogP) is 5.15. The van der Waals surface area contributed by atoms with Gasteiger partial charge in [0.15, 0.2) is 10.2 Å². The zero-order valence-electron chi connectivity index (χ0n) is 15.1. The molecule has 3 rings (SSSR count). The van der Waals surface area contributed by atoms with Gasteiger partial charge in [0, 0.05) is 11.1 Å². The summed E-state index contributed by atoms with van der Waals surface area (Å²) in [6.07, 6.45) is -4.72. The highest BCUT2D eigenvalue weighted by molar-refractivity contribution is 8.00. The van der Waals surface area contributed by atoms with E-state index in [2.05, 4.69) is 30.4 Å². The maximum atomic E-state index is 12.2. The molecule has 0 unspecified atom stereocenters. The third kappa shape index (κ3) is 5.83. The second-order valence-electron chi connectivity index (χ2n) is 6.62. The van der Waals surface area contributed by atoms with E-state index in [-0.39, 0.29) is 11.2 Å². The van der Waals surface area contributed by atoms with E-state index in [4.69, 9.17) is 4.52 Å². The summed E-state index contributed by atoms with van der Waals surface area (Å²) in [6.45, 7) is 5.96. The molecule has 0 radical (unpaired) electrons. The lowest BCUT2D eigenvalue weighted by molar-refractivity contribution is -0.274. The van der Waals surface area contributed by atoms with Crippen LogP contribution in [-0.2, 0) is 11.2 Å². The van der Waals surface area contributed by atoms with E-state index in [9.17, 15) is 13.2 Å². The standard InChI is InChI=1S/C16H16F3N5O2S2/c1-15(2,3)12-21-11(24-26-12)8-27-14-23-22-13(28-14)20-9-4-6-10(7-5-9)25-16(17,18)19/h4-7H,8H2,1-3H3,(H,20,22). The van der Waals surface area contributed by atoms with Crippen LogP contribution in [0.1, 0.15) is 32.5 Å². The van der Waals surface area contributed by atoms with Gasteiger partial charge in [0.05, 0.1) is 5.75 Å². The molecule has 0 saturated heterocycles. The Labute approximate surface area is 166 Å². The Hall–Kier alpha value is -2.34. The molecule has 1 aromatic carbocycles. The van der Waals surface area contributed by atoms with Crippen molar-refractivity contribution < 1.29 is 22.4 Å². The minimum absolute atomic E-state index is 0.212. The second kappa shape index (κ2) is 7.95. The third-order valence-electron chi connectivity index (χ3n) is 3.18. The molecular weight excluding hydrogens is 415 g/mol. The van der Waals surface area contributed by atoms with Crippen LogP contribution in [0.5, 0.6) is 5.75 Å². The Morgan fingerprint density at radius 2 is 1.86 bits per heavy atom. The molecule has 0 saturated carbocycles.